The van der Waals surface area contributed by atoms with Gasteiger partial charge in [-0.3, -0.25) is 9.59 Å². The fourth-order valence-electron chi connectivity index (χ4n) is 3.63. The molecular formula is C26H21NO4. The van der Waals surface area contributed by atoms with E-state index in [9.17, 15) is 14.4 Å². The van der Waals surface area contributed by atoms with Crippen LogP contribution >= 0.6 is 0 Å². The molecule has 0 aliphatic rings. The molecule has 4 rings (SSSR count). The van der Waals surface area contributed by atoms with Crippen LogP contribution in [0.5, 0.6) is 0 Å². The fourth-order valence-corrected chi connectivity index (χ4v) is 3.63. The Kier molecular flexibility index (Phi) is 5.76. The van der Waals surface area contributed by atoms with E-state index >= 15 is 0 Å². The minimum atomic E-state index is -1.09. The van der Waals surface area contributed by atoms with Gasteiger partial charge in [0.15, 0.2) is 6.10 Å². The summed E-state index contributed by atoms with van der Waals surface area (Å²) >= 11 is 0. The normalized spacial score (nSPS) is 11.8. The highest BCUT2D eigenvalue weighted by atomic mass is 16.5. The minimum Gasteiger partial charge on any atom is -0.445 e. The van der Waals surface area contributed by atoms with Gasteiger partial charge in [-0.15, -0.1) is 0 Å². The molecule has 1 heterocycles. The van der Waals surface area contributed by atoms with Gasteiger partial charge in [-0.2, -0.15) is 0 Å². The molecule has 0 saturated carbocycles. The van der Waals surface area contributed by atoms with Crippen LogP contribution in [-0.4, -0.2) is 23.0 Å². The topological polar surface area (TPSA) is 76.2 Å². The Labute approximate surface area is 179 Å². The van der Waals surface area contributed by atoms with Crippen molar-refractivity contribution in [2.24, 2.45) is 0 Å². The first-order chi connectivity index (χ1) is 15.1. The maximum atomic E-state index is 13.5. The molecule has 3 aromatic carbocycles. The van der Waals surface area contributed by atoms with Crippen molar-refractivity contribution < 1.29 is 19.1 Å². The molecule has 0 amide bonds. The molecule has 0 fully saturated rings. The molecule has 0 spiro atoms. The number of carbonyl (C=O) groups is 3. The third kappa shape index (κ3) is 4.03. The number of Topliss-reactive ketones (excluding diaryl/α,β-unsaturated/α-hetero) is 1. The van der Waals surface area contributed by atoms with Gasteiger partial charge >= 0.3 is 5.97 Å². The quantitative estimate of drug-likeness (QED) is 0.254. The number of aryl methyl sites for hydroxylation is 1. The van der Waals surface area contributed by atoms with E-state index in [2.05, 4.69) is 11.9 Å². The second-order valence-corrected chi connectivity index (χ2v) is 7.20. The van der Waals surface area contributed by atoms with Crippen LogP contribution in [0.25, 0.3) is 10.9 Å². The predicted molar refractivity (Wildman–Crippen MR) is 118 cm³/mol. The van der Waals surface area contributed by atoms with Crippen LogP contribution in [0.1, 0.15) is 55.2 Å². The zero-order valence-electron chi connectivity index (χ0n) is 17.0. The summed E-state index contributed by atoms with van der Waals surface area (Å²) in [4.78, 5) is 40.4. The van der Waals surface area contributed by atoms with Gasteiger partial charge in [0.05, 0.1) is 5.56 Å². The van der Waals surface area contributed by atoms with Crippen LogP contribution in [0.2, 0.25) is 0 Å². The molecule has 154 valence electrons. The molecule has 0 radical (unpaired) electrons. The van der Waals surface area contributed by atoms with Gasteiger partial charge in [0.1, 0.15) is 6.29 Å². The lowest BCUT2D eigenvalue weighted by Gasteiger charge is -2.17. The molecule has 0 saturated heterocycles. The summed E-state index contributed by atoms with van der Waals surface area (Å²) in [6.45, 7) is 2.06. The lowest BCUT2D eigenvalue weighted by molar-refractivity contribution is 0.0280. The maximum absolute atomic E-state index is 13.5. The second-order valence-electron chi connectivity index (χ2n) is 7.20. The number of fused-ring (bicyclic) bond motifs is 1. The van der Waals surface area contributed by atoms with Crippen LogP contribution in [0.4, 0.5) is 0 Å². The number of aromatic nitrogens is 1. The van der Waals surface area contributed by atoms with E-state index in [1.807, 2.05) is 24.3 Å². The average molecular weight is 411 g/mol. The molecule has 0 aliphatic heterocycles. The van der Waals surface area contributed by atoms with Crippen molar-refractivity contribution in [2.75, 3.05) is 0 Å². The first-order valence-corrected chi connectivity index (χ1v) is 10.1. The van der Waals surface area contributed by atoms with Gasteiger partial charge < -0.3 is 9.72 Å². The third-order valence-corrected chi connectivity index (χ3v) is 5.30. The number of aldehydes is 1. The average Bonchev–Trinajstić information content (AvgIpc) is 3.27. The highest BCUT2D eigenvalue weighted by Crippen LogP contribution is 2.29. The lowest BCUT2D eigenvalue weighted by Crippen LogP contribution is -2.20. The number of hydrogen-bond acceptors (Lipinski definition) is 4. The smallest absolute Gasteiger partial charge is 0.339 e. The highest BCUT2D eigenvalue weighted by Gasteiger charge is 2.28. The van der Waals surface area contributed by atoms with Crippen LogP contribution in [-0.2, 0) is 11.2 Å². The number of ketones is 1. The maximum Gasteiger partial charge on any atom is 0.339 e. The second kappa shape index (κ2) is 8.79. The van der Waals surface area contributed by atoms with E-state index in [0.717, 1.165) is 22.9 Å². The molecule has 0 bridgehead atoms. The number of aromatic amines is 1. The van der Waals surface area contributed by atoms with Gasteiger partial charge in [-0.25, -0.2) is 4.79 Å². The van der Waals surface area contributed by atoms with Gasteiger partial charge in [-0.1, -0.05) is 67.6 Å². The number of para-hydroxylation sites is 1. The summed E-state index contributed by atoms with van der Waals surface area (Å²) in [5.41, 5.74) is 3.81. The molecule has 5 heteroatoms. The van der Waals surface area contributed by atoms with E-state index in [1.165, 1.54) is 24.3 Å². The molecule has 5 nitrogen and oxygen atoms in total. The van der Waals surface area contributed by atoms with Crippen molar-refractivity contribution in [3.63, 3.8) is 0 Å². The highest BCUT2D eigenvalue weighted by molar-refractivity contribution is 6.11. The molecule has 1 atom stereocenters. The first kappa shape index (κ1) is 20.3. The first-order valence-electron chi connectivity index (χ1n) is 10.1. The Balaban J connectivity index is 1.71. The van der Waals surface area contributed by atoms with Crippen molar-refractivity contribution in [3.8, 4) is 0 Å². The molecule has 0 aliphatic carbocycles. The summed E-state index contributed by atoms with van der Waals surface area (Å²) in [6.07, 6.45) is 2.12. The lowest BCUT2D eigenvalue weighted by atomic mass is 9.98. The molecular weight excluding hydrogens is 390 g/mol. The Morgan fingerprint density at radius 1 is 0.968 bits per heavy atom. The number of ether oxygens (including phenoxy) is 1. The monoisotopic (exact) mass is 411 g/mol. The van der Waals surface area contributed by atoms with Crippen LogP contribution < -0.4 is 0 Å². The number of hydrogen-bond donors (Lipinski definition) is 1. The molecule has 0 unspecified atom stereocenters. The number of rotatable bonds is 7. The van der Waals surface area contributed by atoms with Gasteiger partial charge in [-0.05, 0) is 24.1 Å². The SMILES string of the molecule is CCc1cccc2c(C(=O)[C@@H](OC(=O)c3ccc(C=O)cc3)c3ccccc3)c[nH]c12. The summed E-state index contributed by atoms with van der Waals surface area (Å²) < 4.78 is 5.70. The van der Waals surface area contributed by atoms with Gasteiger partial charge in [0.2, 0.25) is 5.78 Å². The van der Waals surface area contributed by atoms with E-state index in [0.29, 0.717) is 23.0 Å². The number of benzene rings is 3. The van der Waals surface area contributed by atoms with Crippen molar-refractivity contribution in [2.45, 2.75) is 19.4 Å². The number of carbonyl (C=O) groups excluding carboxylic acids is 3. The van der Waals surface area contributed by atoms with Crippen LogP contribution in [0.3, 0.4) is 0 Å². The van der Waals surface area contributed by atoms with Gasteiger partial charge in [0, 0.05) is 33.8 Å². The molecule has 4 aromatic rings. The zero-order valence-corrected chi connectivity index (χ0v) is 17.0. The van der Waals surface area contributed by atoms with Crippen molar-refractivity contribution in [3.05, 3.63) is 107 Å². The standard InChI is InChI=1S/C26H21NO4/c1-2-18-9-6-10-21-22(15-27-23(18)21)24(29)25(19-7-4-3-5-8-19)31-26(30)20-13-11-17(16-28)12-14-20/h3-16,25,27H,2H2,1H3/t25-/m0/s1. The summed E-state index contributed by atoms with van der Waals surface area (Å²) in [7, 11) is 0. The Morgan fingerprint density at radius 2 is 1.71 bits per heavy atom. The molecule has 31 heavy (non-hydrogen) atoms. The minimum absolute atomic E-state index is 0.270. The fraction of sp³-hybridized carbons (Fsp3) is 0.115. The van der Waals surface area contributed by atoms with Crippen LogP contribution in [0.15, 0.2) is 79.0 Å². The number of nitrogens with one attached hydrogen (secondary N) is 1. The zero-order chi connectivity index (χ0) is 21.8. The molecule has 1 aromatic heterocycles. The third-order valence-electron chi connectivity index (χ3n) is 5.30. The van der Waals surface area contributed by atoms with Crippen LogP contribution in [0, 0.1) is 0 Å². The summed E-state index contributed by atoms with van der Waals surface area (Å²) in [5.74, 6) is -0.933. The summed E-state index contributed by atoms with van der Waals surface area (Å²) in [6, 6.07) is 20.9. The van der Waals surface area contributed by atoms with E-state index in [-0.39, 0.29) is 11.3 Å². The number of H-pyrrole nitrogens is 1. The molecule has 1 N–H and O–H groups in total. The summed E-state index contributed by atoms with van der Waals surface area (Å²) in [5, 5.41) is 0.802. The van der Waals surface area contributed by atoms with E-state index < -0.39 is 12.1 Å². The van der Waals surface area contributed by atoms with Crippen molar-refractivity contribution >= 4 is 28.9 Å². The Hall–Kier alpha value is -3.99. The van der Waals surface area contributed by atoms with E-state index in [4.69, 9.17) is 4.74 Å². The van der Waals surface area contributed by atoms with Gasteiger partial charge in [0.25, 0.3) is 0 Å². The largest absolute Gasteiger partial charge is 0.445 e. The van der Waals surface area contributed by atoms with Crippen molar-refractivity contribution in [1.29, 1.82) is 0 Å². The Bertz CT molecular complexity index is 1240. The number of esters is 1. The van der Waals surface area contributed by atoms with E-state index in [1.54, 1.807) is 30.5 Å². The predicted octanol–water partition coefficient (Wildman–Crippen LogP) is 5.32. The van der Waals surface area contributed by atoms with Crippen molar-refractivity contribution in [1.82, 2.24) is 4.98 Å². The Morgan fingerprint density at radius 3 is 2.39 bits per heavy atom.